The highest BCUT2D eigenvalue weighted by molar-refractivity contribution is 7.08. The number of nitrogens with one attached hydrogen (secondary N) is 1. The van der Waals surface area contributed by atoms with E-state index in [9.17, 15) is 9.59 Å². The first-order valence-corrected chi connectivity index (χ1v) is 8.09. The van der Waals surface area contributed by atoms with Crippen LogP contribution < -0.4 is 10.1 Å². The Labute approximate surface area is 134 Å². The average Bonchev–Trinajstić information content (AvgIpc) is 3.01. The number of carbonyl (C=O) groups excluding carboxylic acids is 2. The van der Waals surface area contributed by atoms with E-state index in [1.54, 1.807) is 17.5 Å². The monoisotopic (exact) mass is 317 g/mol. The molecule has 2 aromatic rings. The van der Waals surface area contributed by atoms with Gasteiger partial charge in [-0.2, -0.15) is 11.3 Å². The van der Waals surface area contributed by atoms with E-state index in [2.05, 4.69) is 5.32 Å². The summed E-state index contributed by atoms with van der Waals surface area (Å²) >= 11 is 1.48. The maximum Gasteiger partial charge on any atom is 0.311 e. The Hall–Kier alpha value is -2.14. The molecule has 1 aromatic carbocycles. The van der Waals surface area contributed by atoms with E-state index < -0.39 is 0 Å². The number of aryl methyl sites for hydroxylation is 2. The van der Waals surface area contributed by atoms with Crippen molar-refractivity contribution in [2.24, 2.45) is 0 Å². The van der Waals surface area contributed by atoms with Gasteiger partial charge < -0.3 is 10.1 Å². The van der Waals surface area contributed by atoms with Crippen LogP contribution in [0.1, 0.15) is 34.3 Å². The van der Waals surface area contributed by atoms with Gasteiger partial charge in [0.1, 0.15) is 5.75 Å². The second-order valence-corrected chi connectivity index (χ2v) is 5.89. The van der Waals surface area contributed by atoms with Gasteiger partial charge in [0.25, 0.3) is 5.91 Å². The Balaban J connectivity index is 1.71. The molecule has 0 aliphatic heterocycles. The molecule has 0 fully saturated rings. The molecule has 0 atom stereocenters. The fraction of sp³-hybridized carbons (Fsp3) is 0.294. The number of carbonyl (C=O) groups is 2. The second kappa shape index (κ2) is 7.75. The van der Waals surface area contributed by atoms with Crippen LogP contribution in [0.2, 0.25) is 0 Å². The maximum atomic E-state index is 11.8. The molecule has 2 rings (SSSR count). The van der Waals surface area contributed by atoms with Gasteiger partial charge in [-0.15, -0.1) is 0 Å². The predicted octanol–water partition coefficient (Wildman–Crippen LogP) is 3.48. The molecule has 1 heterocycles. The van der Waals surface area contributed by atoms with Crippen molar-refractivity contribution in [1.82, 2.24) is 5.32 Å². The van der Waals surface area contributed by atoms with E-state index >= 15 is 0 Å². The third kappa shape index (κ3) is 4.70. The number of benzene rings is 1. The van der Waals surface area contributed by atoms with Crippen LogP contribution in [-0.2, 0) is 4.79 Å². The highest BCUT2D eigenvalue weighted by Gasteiger charge is 2.08. The molecule has 1 aromatic heterocycles. The van der Waals surface area contributed by atoms with Crippen molar-refractivity contribution in [3.05, 3.63) is 51.7 Å². The van der Waals surface area contributed by atoms with Crippen molar-refractivity contribution in [2.45, 2.75) is 26.7 Å². The van der Waals surface area contributed by atoms with E-state index in [0.29, 0.717) is 24.3 Å². The van der Waals surface area contributed by atoms with E-state index in [4.69, 9.17) is 4.74 Å². The van der Waals surface area contributed by atoms with Crippen LogP contribution in [0.25, 0.3) is 0 Å². The fourth-order valence-electron chi connectivity index (χ4n) is 2.02. The lowest BCUT2D eigenvalue weighted by molar-refractivity contribution is -0.134. The minimum absolute atomic E-state index is 0.107. The first kappa shape index (κ1) is 16.2. The van der Waals surface area contributed by atoms with Crippen LogP contribution in [0.5, 0.6) is 5.75 Å². The number of ether oxygens (including phenoxy) is 1. The van der Waals surface area contributed by atoms with E-state index in [0.717, 1.165) is 11.1 Å². The standard InChI is InChI=1S/C17H19NO3S/c1-12-5-6-15(13(2)10-12)21-16(19)4-3-8-18-17(20)14-7-9-22-11-14/h5-7,9-11H,3-4,8H2,1-2H3,(H,18,20). The molecule has 0 unspecified atom stereocenters. The van der Waals surface area contributed by atoms with Gasteiger partial charge in [-0.1, -0.05) is 17.7 Å². The number of hydrogen-bond acceptors (Lipinski definition) is 4. The van der Waals surface area contributed by atoms with Gasteiger partial charge in [0.2, 0.25) is 0 Å². The third-order valence-corrected chi connectivity index (χ3v) is 3.86. The Morgan fingerprint density at radius 2 is 2.05 bits per heavy atom. The Kier molecular flexibility index (Phi) is 5.72. The summed E-state index contributed by atoms with van der Waals surface area (Å²) < 4.78 is 5.33. The summed E-state index contributed by atoms with van der Waals surface area (Å²) in [4.78, 5) is 23.5. The zero-order chi connectivity index (χ0) is 15.9. The normalized spacial score (nSPS) is 10.3. The Morgan fingerprint density at radius 3 is 2.73 bits per heavy atom. The van der Waals surface area contributed by atoms with Crippen LogP contribution in [0.15, 0.2) is 35.0 Å². The Bertz CT molecular complexity index is 650. The molecule has 1 N–H and O–H groups in total. The smallest absolute Gasteiger partial charge is 0.311 e. The van der Waals surface area contributed by atoms with E-state index in [1.165, 1.54) is 11.3 Å². The summed E-state index contributed by atoms with van der Waals surface area (Å²) in [6.45, 7) is 4.36. The van der Waals surface area contributed by atoms with Gasteiger partial charge in [0.15, 0.2) is 0 Å². The summed E-state index contributed by atoms with van der Waals surface area (Å²) in [5.74, 6) is 0.207. The van der Waals surface area contributed by atoms with Gasteiger partial charge >= 0.3 is 5.97 Å². The summed E-state index contributed by atoms with van der Waals surface area (Å²) in [7, 11) is 0. The molecular weight excluding hydrogens is 298 g/mol. The van der Waals surface area contributed by atoms with Crippen molar-refractivity contribution in [1.29, 1.82) is 0 Å². The highest BCUT2D eigenvalue weighted by Crippen LogP contribution is 2.19. The summed E-state index contributed by atoms with van der Waals surface area (Å²) in [5, 5.41) is 6.44. The summed E-state index contributed by atoms with van der Waals surface area (Å²) in [6, 6.07) is 7.47. The van der Waals surface area contributed by atoms with Crippen LogP contribution in [-0.4, -0.2) is 18.4 Å². The van der Waals surface area contributed by atoms with Gasteiger partial charge in [0, 0.05) is 23.9 Å². The summed E-state index contributed by atoms with van der Waals surface area (Å²) in [6.07, 6.45) is 0.830. The molecule has 5 heteroatoms. The summed E-state index contributed by atoms with van der Waals surface area (Å²) in [5.41, 5.74) is 2.73. The molecule has 0 aliphatic rings. The van der Waals surface area contributed by atoms with Gasteiger partial charge in [-0.05, 0) is 43.3 Å². The average molecular weight is 317 g/mol. The van der Waals surface area contributed by atoms with Crippen LogP contribution in [0.4, 0.5) is 0 Å². The molecule has 0 spiro atoms. The van der Waals surface area contributed by atoms with Crippen LogP contribution >= 0.6 is 11.3 Å². The molecule has 0 saturated heterocycles. The minimum Gasteiger partial charge on any atom is -0.426 e. The van der Waals surface area contributed by atoms with Gasteiger partial charge in [0.05, 0.1) is 0 Å². The SMILES string of the molecule is Cc1ccc(OC(=O)CCCNC(=O)c2ccsc2)c(C)c1. The Morgan fingerprint density at radius 1 is 1.23 bits per heavy atom. The van der Waals surface area contributed by atoms with Crippen molar-refractivity contribution < 1.29 is 14.3 Å². The number of esters is 1. The molecule has 1 amide bonds. The zero-order valence-corrected chi connectivity index (χ0v) is 13.5. The van der Waals surface area contributed by atoms with Crippen molar-refractivity contribution in [2.75, 3.05) is 6.54 Å². The number of amides is 1. The lowest BCUT2D eigenvalue weighted by Crippen LogP contribution is -2.24. The van der Waals surface area contributed by atoms with Crippen LogP contribution in [0, 0.1) is 13.8 Å². The quantitative estimate of drug-likeness (QED) is 0.504. The largest absolute Gasteiger partial charge is 0.426 e. The number of thiophene rings is 1. The molecule has 22 heavy (non-hydrogen) atoms. The molecule has 0 bridgehead atoms. The minimum atomic E-state index is -0.281. The molecule has 0 aliphatic carbocycles. The lowest BCUT2D eigenvalue weighted by Gasteiger charge is -2.08. The topological polar surface area (TPSA) is 55.4 Å². The number of rotatable bonds is 6. The fourth-order valence-corrected chi connectivity index (χ4v) is 2.65. The maximum absolute atomic E-state index is 11.8. The number of hydrogen-bond donors (Lipinski definition) is 1. The molecule has 0 radical (unpaired) electrons. The molecular formula is C17H19NO3S. The molecule has 116 valence electrons. The van der Waals surface area contributed by atoms with Crippen molar-refractivity contribution in [3.63, 3.8) is 0 Å². The predicted molar refractivity (Wildman–Crippen MR) is 87.4 cm³/mol. The first-order chi connectivity index (χ1) is 10.6. The van der Waals surface area contributed by atoms with Gasteiger partial charge in [-0.3, -0.25) is 9.59 Å². The third-order valence-electron chi connectivity index (χ3n) is 3.18. The second-order valence-electron chi connectivity index (χ2n) is 5.11. The van der Waals surface area contributed by atoms with Crippen LogP contribution in [0.3, 0.4) is 0 Å². The van der Waals surface area contributed by atoms with Crippen molar-refractivity contribution >= 4 is 23.2 Å². The van der Waals surface area contributed by atoms with E-state index in [-0.39, 0.29) is 18.3 Å². The molecule has 0 saturated carbocycles. The first-order valence-electron chi connectivity index (χ1n) is 7.14. The van der Waals surface area contributed by atoms with E-state index in [1.807, 2.05) is 31.4 Å². The van der Waals surface area contributed by atoms with Gasteiger partial charge in [-0.25, -0.2) is 0 Å². The zero-order valence-electron chi connectivity index (χ0n) is 12.7. The molecule has 4 nitrogen and oxygen atoms in total. The van der Waals surface area contributed by atoms with Crippen molar-refractivity contribution in [3.8, 4) is 5.75 Å². The lowest BCUT2D eigenvalue weighted by atomic mass is 10.1. The highest BCUT2D eigenvalue weighted by atomic mass is 32.1.